The minimum absolute atomic E-state index is 1.09. The Hall–Kier alpha value is -9.54. The molecule has 12 aromatic rings. The molecule has 1 aliphatic heterocycles. The van der Waals surface area contributed by atoms with E-state index in [4.69, 9.17) is 0 Å². The molecule has 0 atom stereocenters. The van der Waals surface area contributed by atoms with Crippen molar-refractivity contribution in [3.05, 3.63) is 315 Å². The summed E-state index contributed by atoms with van der Waals surface area (Å²) in [5, 5.41) is 5.44. The summed E-state index contributed by atoms with van der Waals surface area (Å²) >= 11 is 0. The molecule has 0 saturated carbocycles. The Labute approximate surface area is 441 Å². The van der Waals surface area contributed by atoms with Crippen LogP contribution in [0.25, 0.3) is 55.6 Å². The van der Waals surface area contributed by atoms with Crippen molar-refractivity contribution < 1.29 is 0 Å². The molecule has 1 heterocycles. The Morgan fingerprint density at radius 3 is 0.880 bits per heavy atom. The van der Waals surface area contributed by atoms with E-state index in [1.807, 2.05) is 0 Å². The molecule has 0 amide bonds. The predicted octanol–water partition coefficient (Wildman–Crippen LogP) is 16.7. The molecule has 1 aliphatic rings. The lowest BCUT2D eigenvalue weighted by molar-refractivity contribution is 1.28. The lowest BCUT2D eigenvalue weighted by Gasteiger charge is -2.33. The first-order chi connectivity index (χ1) is 37.2. The molecule has 0 aromatic heterocycles. The molecule has 354 valence electrons. The maximum Gasteiger partial charge on any atom is 0.181 e. The maximum absolute atomic E-state index is 3.05. The average molecular weight is 973 g/mol. The van der Waals surface area contributed by atoms with Crippen LogP contribution in [0.15, 0.2) is 315 Å². The van der Waals surface area contributed by atoms with Crippen LogP contribution >= 0.6 is 0 Å². The van der Waals surface area contributed by atoms with Crippen LogP contribution in [0.1, 0.15) is 0 Å². The summed E-state index contributed by atoms with van der Waals surface area (Å²) in [6, 6.07) is 116. The summed E-state index contributed by atoms with van der Waals surface area (Å²) in [5.41, 5.74) is 18.7. The molecule has 75 heavy (non-hydrogen) atoms. The van der Waals surface area contributed by atoms with Crippen LogP contribution in [0, 0.1) is 0 Å². The highest BCUT2D eigenvalue weighted by Gasteiger charge is 2.50. The fraction of sp³-hybridized carbons (Fsp3) is 0. The van der Waals surface area contributed by atoms with E-state index < -0.39 is 8.07 Å². The monoisotopic (exact) mass is 972 g/mol. The van der Waals surface area contributed by atoms with Crippen LogP contribution in [0.5, 0.6) is 0 Å². The number of hydrogen-bond acceptors (Lipinski definition) is 2. The van der Waals surface area contributed by atoms with Crippen molar-refractivity contribution >= 4 is 62.9 Å². The number of hydrogen-bond donors (Lipinski definition) is 0. The van der Waals surface area contributed by atoms with Gasteiger partial charge in [-0.15, -0.1) is 0 Å². The molecule has 0 bridgehead atoms. The fourth-order valence-corrected chi connectivity index (χ4v) is 16.7. The topological polar surface area (TPSA) is 6.48 Å². The third-order valence-corrected chi connectivity index (χ3v) is 19.8. The summed E-state index contributed by atoms with van der Waals surface area (Å²) < 4.78 is 0. The van der Waals surface area contributed by atoms with E-state index in [-0.39, 0.29) is 0 Å². The molecule has 3 heteroatoms. The molecular formula is C72H52N2Si. The Morgan fingerprint density at radius 2 is 0.520 bits per heavy atom. The van der Waals surface area contributed by atoms with Gasteiger partial charge in [0.2, 0.25) is 0 Å². The normalized spacial score (nSPS) is 12.1. The van der Waals surface area contributed by atoms with Crippen molar-refractivity contribution in [1.29, 1.82) is 0 Å². The zero-order valence-corrected chi connectivity index (χ0v) is 42.4. The molecule has 13 rings (SSSR count). The van der Waals surface area contributed by atoms with Gasteiger partial charge in [-0.3, -0.25) is 0 Å². The van der Waals surface area contributed by atoms with E-state index in [9.17, 15) is 0 Å². The van der Waals surface area contributed by atoms with Gasteiger partial charge in [-0.1, -0.05) is 249 Å². The SMILES string of the molecule is c1ccc(-c2ccc(N(c3ccc(-c4ccccc4)cc3)c3ccc4c(c3)[Si](c3ccccc3)(c3ccccc3)c3cccc(N(c5ccc(-c6ccccc6)cc5)c5ccc(-c6ccccc6)cc5)c3-4)cc2)cc1. The van der Waals surface area contributed by atoms with Gasteiger partial charge < -0.3 is 9.80 Å². The van der Waals surface area contributed by atoms with Crippen LogP contribution in [0.3, 0.4) is 0 Å². The van der Waals surface area contributed by atoms with Crippen molar-refractivity contribution in [2.75, 3.05) is 9.80 Å². The van der Waals surface area contributed by atoms with Crippen LogP contribution in [0.2, 0.25) is 0 Å². The molecule has 0 saturated heterocycles. The summed E-state index contributed by atoms with van der Waals surface area (Å²) in [7, 11) is -3.05. The average Bonchev–Trinajstić information content (AvgIpc) is 3.86. The molecule has 2 nitrogen and oxygen atoms in total. The first kappa shape index (κ1) is 45.3. The standard InChI is InChI=1S/C72H52N2Si/c1-7-20-53(21-8-1)57-34-42-61(43-35-57)73(62-44-36-58(37-45-62)54-22-9-2-10-23-54)65-50-51-68-71(52-65)75(66-28-15-5-16-29-66,67-30-17-6-18-31-67)70-33-19-32-69(72(68)70)74(63-46-38-59(39-47-63)55-24-11-3-12-25-55)64-48-40-60(41-49-64)56-26-13-4-14-27-56/h1-52H. The Bertz CT molecular complexity index is 3660. The van der Waals surface area contributed by atoms with E-state index in [2.05, 4.69) is 325 Å². The summed E-state index contributed by atoms with van der Waals surface area (Å²) in [6.45, 7) is 0. The molecule has 0 fully saturated rings. The summed E-state index contributed by atoms with van der Waals surface area (Å²) in [6.07, 6.45) is 0. The lowest BCUT2D eigenvalue weighted by Crippen LogP contribution is -2.72. The number of fused-ring (bicyclic) bond motifs is 3. The number of benzene rings is 12. The minimum atomic E-state index is -3.05. The molecule has 12 aromatic carbocycles. The maximum atomic E-state index is 2.54. The molecule has 0 aliphatic carbocycles. The van der Waals surface area contributed by atoms with Crippen LogP contribution in [-0.4, -0.2) is 8.07 Å². The second-order valence-corrected chi connectivity index (χ2v) is 23.0. The number of rotatable bonds is 12. The van der Waals surface area contributed by atoms with Gasteiger partial charge in [0.25, 0.3) is 0 Å². The highest BCUT2D eigenvalue weighted by Crippen LogP contribution is 2.46. The Balaban J connectivity index is 1.04. The van der Waals surface area contributed by atoms with Gasteiger partial charge in [-0.2, -0.15) is 0 Å². The minimum Gasteiger partial charge on any atom is -0.311 e. The largest absolute Gasteiger partial charge is 0.311 e. The molecule has 0 spiro atoms. The molecule has 0 unspecified atom stereocenters. The van der Waals surface area contributed by atoms with E-state index in [0.717, 1.165) is 34.1 Å². The summed E-state index contributed by atoms with van der Waals surface area (Å²) in [4.78, 5) is 4.92. The van der Waals surface area contributed by atoms with Gasteiger partial charge in [0, 0.05) is 34.0 Å². The van der Waals surface area contributed by atoms with Crippen LogP contribution in [0.4, 0.5) is 34.1 Å². The number of anilines is 6. The smallest absolute Gasteiger partial charge is 0.181 e. The molecule has 0 radical (unpaired) electrons. The van der Waals surface area contributed by atoms with E-state index in [1.165, 1.54) is 76.4 Å². The highest BCUT2D eigenvalue weighted by molar-refractivity contribution is 7.22. The lowest BCUT2D eigenvalue weighted by atomic mass is 9.99. The zero-order valence-electron chi connectivity index (χ0n) is 41.4. The Morgan fingerprint density at radius 1 is 0.213 bits per heavy atom. The second-order valence-electron chi connectivity index (χ2n) is 19.2. The van der Waals surface area contributed by atoms with E-state index in [0.29, 0.717) is 0 Å². The first-order valence-corrected chi connectivity index (χ1v) is 27.8. The van der Waals surface area contributed by atoms with Gasteiger partial charge in [-0.05, 0) is 138 Å². The van der Waals surface area contributed by atoms with Crippen molar-refractivity contribution in [2.24, 2.45) is 0 Å². The van der Waals surface area contributed by atoms with Gasteiger partial charge in [0.15, 0.2) is 8.07 Å². The molecular weight excluding hydrogens is 921 g/mol. The highest BCUT2D eigenvalue weighted by atomic mass is 28.3. The van der Waals surface area contributed by atoms with Gasteiger partial charge in [0.1, 0.15) is 0 Å². The first-order valence-electron chi connectivity index (χ1n) is 25.8. The third-order valence-electron chi connectivity index (χ3n) is 15.0. The van der Waals surface area contributed by atoms with Gasteiger partial charge in [-0.25, -0.2) is 0 Å². The van der Waals surface area contributed by atoms with Crippen molar-refractivity contribution in [3.8, 4) is 55.6 Å². The zero-order chi connectivity index (χ0) is 50.0. The third kappa shape index (κ3) is 8.36. The van der Waals surface area contributed by atoms with Crippen molar-refractivity contribution in [1.82, 2.24) is 0 Å². The Kier molecular flexibility index (Phi) is 12.0. The quantitative estimate of drug-likeness (QED) is 0.113. The van der Waals surface area contributed by atoms with E-state index >= 15 is 0 Å². The molecule has 0 N–H and O–H groups in total. The van der Waals surface area contributed by atoms with Crippen molar-refractivity contribution in [2.45, 2.75) is 0 Å². The van der Waals surface area contributed by atoms with Gasteiger partial charge >= 0.3 is 0 Å². The second kappa shape index (κ2) is 19.8. The van der Waals surface area contributed by atoms with Crippen molar-refractivity contribution in [3.63, 3.8) is 0 Å². The van der Waals surface area contributed by atoms with Gasteiger partial charge in [0.05, 0.1) is 5.69 Å². The number of nitrogens with zero attached hydrogens (tertiary/aromatic N) is 2. The summed E-state index contributed by atoms with van der Waals surface area (Å²) in [5.74, 6) is 0. The van der Waals surface area contributed by atoms with E-state index in [1.54, 1.807) is 0 Å². The van der Waals surface area contributed by atoms with Crippen LogP contribution in [-0.2, 0) is 0 Å². The predicted molar refractivity (Wildman–Crippen MR) is 320 cm³/mol. The fourth-order valence-electron chi connectivity index (χ4n) is 11.4. The van der Waals surface area contributed by atoms with Crippen LogP contribution < -0.4 is 30.5 Å².